The van der Waals surface area contributed by atoms with E-state index in [1.54, 1.807) is 13.0 Å². The van der Waals surface area contributed by atoms with Crippen LogP contribution in [0.5, 0.6) is 5.75 Å². The van der Waals surface area contributed by atoms with Gasteiger partial charge < -0.3 is 9.15 Å². The summed E-state index contributed by atoms with van der Waals surface area (Å²) in [5.74, 6) is -1.20. The molecule has 0 unspecified atom stereocenters. The molecule has 2 aromatic carbocycles. The van der Waals surface area contributed by atoms with E-state index in [0.717, 1.165) is 11.1 Å². The summed E-state index contributed by atoms with van der Waals surface area (Å²) < 4.78 is 24.6. The summed E-state index contributed by atoms with van der Waals surface area (Å²) in [5.41, 5.74) is 6.82. The van der Waals surface area contributed by atoms with E-state index in [9.17, 15) is 14.0 Å². The Morgan fingerprint density at radius 3 is 2.37 bits per heavy atom. The molecular weight excluding hydrogens is 351 g/mol. The number of hydrazine groups is 1. The van der Waals surface area contributed by atoms with Crippen molar-refractivity contribution in [1.82, 2.24) is 10.9 Å². The lowest BCUT2D eigenvalue weighted by Gasteiger charge is -2.12. The van der Waals surface area contributed by atoms with Crippen LogP contribution < -0.4 is 15.6 Å². The topological polar surface area (TPSA) is 80.6 Å². The normalized spacial score (nSPS) is 10.7. The van der Waals surface area contributed by atoms with E-state index < -0.39 is 17.6 Å². The summed E-state index contributed by atoms with van der Waals surface area (Å²) in [6.07, 6.45) is 0. The molecule has 0 aliphatic carbocycles. The summed E-state index contributed by atoms with van der Waals surface area (Å²) in [4.78, 5) is 24.2. The summed E-state index contributed by atoms with van der Waals surface area (Å²) in [5, 5.41) is 0.504. The molecule has 0 saturated carbocycles. The number of carbonyl (C=O) groups is 2. The Morgan fingerprint density at radius 1 is 1.04 bits per heavy atom. The lowest BCUT2D eigenvalue weighted by molar-refractivity contribution is -0.123. The zero-order valence-electron chi connectivity index (χ0n) is 15.2. The molecule has 2 amide bonds. The summed E-state index contributed by atoms with van der Waals surface area (Å²) in [6, 6.07) is 10.1. The van der Waals surface area contributed by atoms with E-state index in [1.807, 2.05) is 32.0 Å². The molecule has 140 valence electrons. The van der Waals surface area contributed by atoms with Crippen LogP contribution in [0.2, 0.25) is 0 Å². The van der Waals surface area contributed by atoms with Gasteiger partial charge in [-0.15, -0.1) is 0 Å². The second-order valence-corrected chi connectivity index (χ2v) is 6.18. The van der Waals surface area contributed by atoms with Gasteiger partial charge in [0, 0.05) is 10.9 Å². The monoisotopic (exact) mass is 370 g/mol. The number of carbonyl (C=O) groups excluding carboxylic acids is 2. The number of furan rings is 1. The number of hydrogen-bond donors (Lipinski definition) is 2. The van der Waals surface area contributed by atoms with Crippen molar-refractivity contribution in [3.63, 3.8) is 0 Å². The van der Waals surface area contributed by atoms with E-state index in [-0.39, 0.29) is 18.0 Å². The molecule has 0 radical (unpaired) electrons. The number of benzene rings is 2. The minimum Gasteiger partial charge on any atom is -0.483 e. The Morgan fingerprint density at radius 2 is 1.70 bits per heavy atom. The third-order valence-electron chi connectivity index (χ3n) is 4.19. The zero-order valence-corrected chi connectivity index (χ0v) is 15.2. The van der Waals surface area contributed by atoms with Crippen molar-refractivity contribution in [3.05, 3.63) is 64.7 Å². The van der Waals surface area contributed by atoms with Crippen LogP contribution in [0, 0.1) is 26.6 Å². The van der Waals surface area contributed by atoms with E-state index in [4.69, 9.17) is 9.15 Å². The molecule has 2 N–H and O–H groups in total. The van der Waals surface area contributed by atoms with Gasteiger partial charge in [0.1, 0.15) is 5.75 Å². The molecule has 0 spiro atoms. The predicted molar refractivity (Wildman–Crippen MR) is 97.9 cm³/mol. The highest BCUT2D eigenvalue weighted by atomic mass is 19.1. The fourth-order valence-corrected chi connectivity index (χ4v) is 2.81. The number of aryl methyl sites for hydroxylation is 3. The van der Waals surface area contributed by atoms with Gasteiger partial charge in [-0.1, -0.05) is 30.3 Å². The van der Waals surface area contributed by atoms with Crippen molar-refractivity contribution in [2.24, 2.45) is 0 Å². The molecule has 0 atom stereocenters. The molecule has 6 nitrogen and oxygen atoms in total. The molecule has 0 bridgehead atoms. The van der Waals surface area contributed by atoms with E-state index >= 15 is 0 Å². The van der Waals surface area contributed by atoms with Gasteiger partial charge in [-0.2, -0.15) is 0 Å². The van der Waals surface area contributed by atoms with Crippen molar-refractivity contribution >= 4 is 22.8 Å². The molecule has 3 aromatic rings. The third kappa shape index (κ3) is 3.76. The maximum Gasteiger partial charge on any atom is 0.305 e. The van der Waals surface area contributed by atoms with Gasteiger partial charge in [0.05, 0.1) is 0 Å². The maximum atomic E-state index is 13.8. The van der Waals surface area contributed by atoms with Crippen molar-refractivity contribution in [2.45, 2.75) is 20.8 Å². The lowest BCUT2D eigenvalue weighted by atomic mass is 10.1. The fraction of sp³-hybridized carbons (Fsp3) is 0.200. The van der Waals surface area contributed by atoms with Gasteiger partial charge in [0.15, 0.2) is 23.8 Å². The van der Waals surface area contributed by atoms with Crippen LogP contribution in [-0.4, -0.2) is 18.4 Å². The molecular formula is C20H19FN2O4. The number of ether oxygens (including phenoxy) is 1. The first-order valence-corrected chi connectivity index (χ1v) is 8.34. The highest BCUT2D eigenvalue weighted by molar-refractivity contribution is 5.99. The number of hydrogen-bond acceptors (Lipinski definition) is 4. The standard InChI is InChI=1S/C20H19FN2O4/c1-11-6-4-7-12(2)17(11)26-10-16(24)22-23-20(25)18-13(3)14-8-5-9-15(21)19(14)27-18/h4-9H,10H2,1-3H3,(H,22,24)(H,23,25). The number of para-hydroxylation sites is 2. The second kappa shape index (κ2) is 7.49. The molecule has 0 aliphatic rings. The number of amides is 2. The van der Waals surface area contributed by atoms with Crippen molar-refractivity contribution in [3.8, 4) is 5.75 Å². The minimum atomic E-state index is -0.677. The van der Waals surface area contributed by atoms with Crippen LogP contribution >= 0.6 is 0 Å². The van der Waals surface area contributed by atoms with Crippen LogP contribution in [0.4, 0.5) is 4.39 Å². The summed E-state index contributed by atoms with van der Waals surface area (Å²) in [6.45, 7) is 5.14. The van der Waals surface area contributed by atoms with Crippen molar-refractivity contribution in [2.75, 3.05) is 6.61 Å². The molecule has 0 fully saturated rings. The smallest absolute Gasteiger partial charge is 0.305 e. The SMILES string of the molecule is Cc1cccc(C)c1OCC(=O)NNC(=O)c1oc2c(F)cccc2c1C. The van der Waals surface area contributed by atoms with Gasteiger partial charge >= 0.3 is 5.91 Å². The highest BCUT2D eigenvalue weighted by Gasteiger charge is 2.20. The largest absolute Gasteiger partial charge is 0.483 e. The summed E-state index contributed by atoms with van der Waals surface area (Å²) >= 11 is 0. The third-order valence-corrected chi connectivity index (χ3v) is 4.19. The maximum absolute atomic E-state index is 13.8. The average Bonchev–Trinajstić information content (AvgIpc) is 2.98. The minimum absolute atomic E-state index is 0.00448. The average molecular weight is 370 g/mol. The van der Waals surface area contributed by atoms with Gasteiger partial charge in [-0.3, -0.25) is 20.4 Å². The molecule has 0 saturated heterocycles. The summed E-state index contributed by atoms with van der Waals surface area (Å²) in [7, 11) is 0. The van der Waals surface area contributed by atoms with Gasteiger partial charge in [-0.05, 0) is 38.0 Å². The number of nitrogens with one attached hydrogen (secondary N) is 2. The molecule has 0 aliphatic heterocycles. The Hall–Kier alpha value is -3.35. The van der Waals surface area contributed by atoms with Gasteiger partial charge in [0.25, 0.3) is 5.91 Å². The first kappa shape index (κ1) is 18.4. The first-order valence-electron chi connectivity index (χ1n) is 8.34. The molecule has 1 heterocycles. The number of rotatable bonds is 4. The molecule has 3 rings (SSSR count). The van der Waals surface area contributed by atoms with Crippen LogP contribution in [0.1, 0.15) is 27.2 Å². The zero-order chi connectivity index (χ0) is 19.6. The van der Waals surface area contributed by atoms with Gasteiger partial charge in [0.2, 0.25) is 0 Å². The molecule has 7 heteroatoms. The Bertz CT molecular complexity index is 1010. The Balaban J connectivity index is 1.62. The van der Waals surface area contributed by atoms with E-state index in [2.05, 4.69) is 10.9 Å². The molecule has 27 heavy (non-hydrogen) atoms. The second-order valence-electron chi connectivity index (χ2n) is 6.18. The van der Waals surface area contributed by atoms with Crippen LogP contribution in [0.25, 0.3) is 11.0 Å². The van der Waals surface area contributed by atoms with E-state index in [0.29, 0.717) is 16.7 Å². The van der Waals surface area contributed by atoms with Gasteiger partial charge in [-0.25, -0.2) is 4.39 Å². The number of fused-ring (bicyclic) bond motifs is 1. The predicted octanol–water partition coefficient (Wildman–Crippen LogP) is 3.34. The Kier molecular flexibility index (Phi) is 5.12. The van der Waals surface area contributed by atoms with E-state index in [1.165, 1.54) is 12.1 Å². The Labute approximate surface area is 155 Å². The lowest BCUT2D eigenvalue weighted by Crippen LogP contribution is -2.44. The van der Waals surface area contributed by atoms with Crippen LogP contribution in [0.15, 0.2) is 40.8 Å². The van der Waals surface area contributed by atoms with Crippen LogP contribution in [-0.2, 0) is 4.79 Å². The number of halogens is 1. The van der Waals surface area contributed by atoms with Crippen LogP contribution in [0.3, 0.4) is 0 Å². The van der Waals surface area contributed by atoms with Crippen molar-refractivity contribution < 1.29 is 23.1 Å². The molecule has 1 aromatic heterocycles. The first-order chi connectivity index (χ1) is 12.9. The fourth-order valence-electron chi connectivity index (χ4n) is 2.81. The van der Waals surface area contributed by atoms with Crippen molar-refractivity contribution in [1.29, 1.82) is 0 Å². The quantitative estimate of drug-likeness (QED) is 0.691. The highest BCUT2D eigenvalue weighted by Crippen LogP contribution is 2.27.